The van der Waals surface area contributed by atoms with Crippen molar-refractivity contribution in [1.29, 1.82) is 0 Å². The van der Waals surface area contributed by atoms with Gasteiger partial charge in [0.1, 0.15) is 0 Å². The van der Waals surface area contributed by atoms with Crippen molar-refractivity contribution in [1.82, 2.24) is 0 Å². The van der Waals surface area contributed by atoms with E-state index < -0.39 is 0 Å². The summed E-state index contributed by atoms with van der Waals surface area (Å²) in [5, 5.41) is 8.23. The Morgan fingerprint density at radius 3 is 1.55 bits per heavy atom. The summed E-state index contributed by atoms with van der Waals surface area (Å²) in [5.74, 6) is 0. The van der Waals surface area contributed by atoms with Gasteiger partial charge >= 0.3 is 0 Å². The molecule has 0 aromatic heterocycles. The van der Waals surface area contributed by atoms with Crippen molar-refractivity contribution in [2.45, 2.75) is 13.3 Å². The summed E-state index contributed by atoms with van der Waals surface area (Å²) in [6, 6.07) is 24.2. The summed E-state index contributed by atoms with van der Waals surface area (Å²) in [5.41, 5.74) is 1.43. The minimum atomic E-state index is 1.07. The van der Waals surface area contributed by atoms with Crippen molar-refractivity contribution in [3.8, 4) is 0 Å². The van der Waals surface area contributed by atoms with Crippen LogP contribution in [0.2, 0.25) is 0 Å². The molecule has 0 aliphatic carbocycles. The normalized spacial score (nSPS) is 11.4. The molecule has 0 N–H and O–H groups in total. The van der Waals surface area contributed by atoms with Crippen LogP contribution in [0.1, 0.15) is 12.5 Å². The Morgan fingerprint density at radius 2 is 1.00 bits per heavy atom. The van der Waals surface area contributed by atoms with Gasteiger partial charge in [0.2, 0.25) is 0 Å². The lowest BCUT2D eigenvalue weighted by Crippen LogP contribution is -1.88. The van der Waals surface area contributed by atoms with Crippen molar-refractivity contribution >= 4 is 32.3 Å². The SMILES string of the molecule is CCc1cccc2c3ccccc3c3ccccc3c12. The molecular formula is C20H16. The predicted octanol–water partition coefficient (Wildman–Crippen LogP) is 5.71. The predicted molar refractivity (Wildman–Crippen MR) is 88.3 cm³/mol. The number of aryl methyl sites for hydroxylation is 1. The van der Waals surface area contributed by atoms with Crippen molar-refractivity contribution in [2.24, 2.45) is 0 Å². The van der Waals surface area contributed by atoms with Gasteiger partial charge in [-0.05, 0) is 44.3 Å². The molecule has 0 unspecified atom stereocenters. The van der Waals surface area contributed by atoms with Gasteiger partial charge in [-0.1, -0.05) is 73.7 Å². The third kappa shape index (κ3) is 1.48. The lowest BCUT2D eigenvalue weighted by Gasteiger charge is -2.12. The molecule has 0 spiro atoms. The number of fused-ring (bicyclic) bond motifs is 6. The molecule has 4 rings (SSSR count). The first-order chi connectivity index (χ1) is 9.90. The van der Waals surface area contributed by atoms with E-state index in [1.165, 1.54) is 37.9 Å². The Kier molecular flexibility index (Phi) is 2.50. The van der Waals surface area contributed by atoms with Gasteiger partial charge in [-0.3, -0.25) is 0 Å². The third-order valence-corrected chi connectivity index (χ3v) is 4.24. The van der Waals surface area contributed by atoms with E-state index in [4.69, 9.17) is 0 Å². The van der Waals surface area contributed by atoms with Crippen LogP contribution >= 0.6 is 0 Å². The Bertz CT molecular complexity index is 887. The largest absolute Gasteiger partial charge is 0.0616 e. The van der Waals surface area contributed by atoms with Gasteiger partial charge in [0.05, 0.1) is 0 Å². The minimum Gasteiger partial charge on any atom is -0.0616 e. The van der Waals surface area contributed by atoms with E-state index in [1.54, 1.807) is 0 Å². The molecule has 96 valence electrons. The number of benzene rings is 4. The van der Waals surface area contributed by atoms with Crippen LogP contribution in [0.5, 0.6) is 0 Å². The molecule has 0 saturated carbocycles. The first-order valence-electron chi connectivity index (χ1n) is 7.21. The van der Waals surface area contributed by atoms with E-state index in [9.17, 15) is 0 Å². The van der Waals surface area contributed by atoms with Crippen LogP contribution in [-0.4, -0.2) is 0 Å². The maximum Gasteiger partial charge on any atom is -0.00670 e. The number of rotatable bonds is 1. The molecular weight excluding hydrogens is 240 g/mol. The van der Waals surface area contributed by atoms with Gasteiger partial charge in [-0.25, -0.2) is 0 Å². The summed E-state index contributed by atoms with van der Waals surface area (Å²) < 4.78 is 0. The summed E-state index contributed by atoms with van der Waals surface area (Å²) in [6.45, 7) is 2.23. The highest BCUT2D eigenvalue weighted by molar-refractivity contribution is 6.26. The molecule has 0 aliphatic heterocycles. The summed E-state index contributed by atoms with van der Waals surface area (Å²) in [6.07, 6.45) is 1.07. The highest BCUT2D eigenvalue weighted by Crippen LogP contribution is 2.36. The van der Waals surface area contributed by atoms with E-state index in [-0.39, 0.29) is 0 Å². The molecule has 4 aromatic rings. The topological polar surface area (TPSA) is 0 Å². The van der Waals surface area contributed by atoms with Gasteiger partial charge in [0.25, 0.3) is 0 Å². The molecule has 0 saturated heterocycles. The van der Waals surface area contributed by atoms with E-state index in [0.29, 0.717) is 0 Å². The fraction of sp³-hybridized carbons (Fsp3) is 0.100. The zero-order chi connectivity index (χ0) is 13.5. The molecule has 4 aromatic carbocycles. The second-order valence-electron chi connectivity index (χ2n) is 5.28. The molecule has 0 heteroatoms. The average molecular weight is 256 g/mol. The van der Waals surface area contributed by atoms with Crippen molar-refractivity contribution in [3.05, 3.63) is 72.3 Å². The van der Waals surface area contributed by atoms with Gasteiger partial charge < -0.3 is 0 Å². The monoisotopic (exact) mass is 256 g/mol. The summed E-state index contributed by atoms with van der Waals surface area (Å²) in [7, 11) is 0. The highest BCUT2D eigenvalue weighted by Gasteiger charge is 2.09. The van der Waals surface area contributed by atoms with E-state index in [0.717, 1.165) is 6.42 Å². The molecule has 0 heterocycles. The molecule has 0 aliphatic rings. The van der Waals surface area contributed by atoms with Gasteiger partial charge in [-0.15, -0.1) is 0 Å². The van der Waals surface area contributed by atoms with Crippen LogP contribution in [-0.2, 0) is 6.42 Å². The molecule has 0 radical (unpaired) electrons. The van der Waals surface area contributed by atoms with E-state index in [1.807, 2.05) is 0 Å². The fourth-order valence-electron chi connectivity index (χ4n) is 3.33. The smallest absolute Gasteiger partial charge is 0.00670 e. The van der Waals surface area contributed by atoms with Crippen molar-refractivity contribution in [2.75, 3.05) is 0 Å². The molecule has 0 atom stereocenters. The zero-order valence-corrected chi connectivity index (χ0v) is 11.6. The van der Waals surface area contributed by atoms with Crippen LogP contribution in [0.15, 0.2) is 66.7 Å². The Morgan fingerprint density at radius 1 is 0.550 bits per heavy atom. The Hall–Kier alpha value is -2.34. The summed E-state index contributed by atoms with van der Waals surface area (Å²) in [4.78, 5) is 0. The molecule has 0 nitrogen and oxygen atoms in total. The van der Waals surface area contributed by atoms with Crippen molar-refractivity contribution < 1.29 is 0 Å². The fourth-order valence-corrected chi connectivity index (χ4v) is 3.33. The van der Waals surface area contributed by atoms with Crippen LogP contribution in [0.3, 0.4) is 0 Å². The first-order valence-corrected chi connectivity index (χ1v) is 7.21. The van der Waals surface area contributed by atoms with Crippen LogP contribution in [0, 0.1) is 0 Å². The first kappa shape index (κ1) is 11.5. The van der Waals surface area contributed by atoms with Crippen molar-refractivity contribution in [3.63, 3.8) is 0 Å². The Balaban J connectivity index is 2.42. The second kappa shape index (κ2) is 4.35. The molecule has 20 heavy (non-hydrogen) atoms. The lowest BCUT2D eigenvalue weighted by atomic mass is 9.91. The molecule has 0 fully saturated rings. The quantitative estimate of drug-likeness (QED) is 0.383. The van der Waals surface area contributed by atoms with E-state index >= 15 is 0 Å². The molecule has 0 amide bonds. The maximum atomic E-state index is 2.25. The van der Waals surface area contributed by atoms with Gasteiger partial charge in [-0.2, -0.15) is 0 Å². The maximum absolute atomic E-state index is 2.25. The average Bonchev–Trinajstić information content (AvgIpc) is 2.54. The third-order valence-electron chi connectivity index (χ3n) is 4.24. The Labute approximate surface area is 118 Å². The number of hydrogen-bond acceptors (Lipinski definition) is 0. The highest BCUT2D eigenvalue weighted by atomic mass is 14.1. The summed E-state index contributed by atoms with van der Waals surface area (Å²) >= 11 is 0. The van der Waals surface area contributed by atoms with Gasteiger partial charge in [0.15, 0.2) is 0 Å². The minimum absolute atomic E-state index is 1.07. The van der Waals surface area contributed by atoms with E-state index in [2.05, 4.69) is 73.7 Å². The van der Waals surface area contributed by atoms with Gasteiger partial charge in [0, 0.05) is 0 Å². The lowest BCUT2D eigenvalue weighted by molar-refractivity contribution is 1.16. The standard InChI is InChI=1S/C20H16/c1-2-14-8-7-13-19-17-10-4-3-9-15(17)16-11-5-6-12-18(16)20(14)19/h3-13H,2H2,1H3. The second-order valence-corrected chi connectivity index (χ2v) is 5.28. The van der Waals surface area contributed by atoms with Crippen LogP contribution in [0.4, 0.5) is 0 Å². The zero-order valence-electron chi connectivity index (χ0n) is 11.6. The van der Waals surface area contributed by atoms with Crippen LogP contribution < -0.4 is 0 Å². The number of hydrogen-bond donors (Lipinski definition) is 0. The van der Waals surface area contributed by atoms with Crippen LogP contribution in [0.25, 0.3) is 32.3 Å². The molecule has 0 bridgehead atoms.